The minimum Gasteiger partial charge on any atom is -0.361 e. The van der Waals surface area contributed by atoms with Crippen LogP contribution in [-0.4, -0.2) is 10.9 Å². The molecule has 6 heteroatoms. The van der Waals surface area contributed by atoms with Gasteiger partial charge >= 0.3 is 0 Å². The van der Waals surface area contributed by atoms with Gasteiger partial charge in [-0.05, 0) is 55.5 Å². The Morgan fingerprint density at radius 1 is 1.04 bits per heavy atom. The van der Waals surface area contributed by atoms with Crippen molar-refractivity contribution in [3.05, 3.63) is 87.9 Å². The Hall–Kier alpha value is -2.56. The smallest absolute Gasteiger partial charge is 0.198 e. The normalized spacial score (nSPS) is 11.4. The molecule has 0 fully saturated rings. The van der Waals surface area contributed by atoms with Gasteiger partial charge in [0.05, 0.1) is 11.3 Å². The maximum atomic E-state index is 12.9. The fraction of sp³-hybridized carbons (Fsp3) is 0.0526. The third kappa shape index (κ3) is 4.29. The number of nitrogens with one attached hydrogen (secondary N) is 1. The van der Waals surface area contributed by atoms with Crippen molar-refractivity contribution in [2.45, 2.75) is 6.92 Å². The number of carbonyl (C=O) groups excluding carboxylic acids is 1. The lowest BCUT2D eigenvalue weighted by Crippen LogP contribution is -2.04. The maximum Gasteiger partial charge on any atom is 0.198 e. The Labute approximate surface area is 155 Å². The van der Waals surface area contributed by atoms with Crippen LogP contribution in [0.15, 0.2) is 65.3 Å². The number of halogens is 2. The van der Waals surface area contributed by atoms with Gasteiger partial charge in [-0.25, -0.2) is 0 Å². The molecule has 25 heavy (non-hydrogen) atoms. The standard InChI is InChI=1S/C19H14Cl2N2O2/c1-12-10-18(25-23-12)17(11-22-16-8-6-15(21)7-9-16)19(24)13-2-4-14(20)5-3-13/h2-11,22H,1H3/b17-11+. The summed E-state index contributed by atoms with van der Waals surface area (Å²) in [6.07, 6.45) is 1.60. The Bertz CT molecular complexity index is 913. The van der Waals surface area contributed by atoms with Gasteiger partial charge in [0, 0.05) is 33.6 Å². The molecule has 0 saturated heterocycles. The summed E-state index contributed by atoms with van der Waals surface area (Å²) in [5, 5.41) is 8.15. The fourth-order valence-electron chi connectivity index (χ4n) is 2.20. The highest BCUT2D eigenvalue weighted by Crippen LogP contribution is 2.23. The van der Waals surface area contributed by atoms with E-state index in [0.717, 1.165) is 5.69 Å². The van der Waals surface area contributed by atoms with Crippen molar-refractivity contribution >= 4 is 40.2 Å². The summed E-state index contributed by atoms with van der Waals surface area (Å²) in [5.74, 6) is 0.188. The van der Waals surface area contributed by atoms with Crippen molar-refractivity contribution < 1.29 is 9.32 Å². The van der Waals surface area contributed by atoms with Crippen LogP contribution in [0, 0.1) is 6.92 Å². The summed E-state index contributed by atoms with van der Waals surface area (Å²) in [7, 11) is 0. The van der Waals surface area contributed by atoms with E-state index < -0.39 is 0 Å². The van der Waals surface area contributed by atoms with E-state index in [2.05, 4.69) is 10.5 Å². The van der Waals surface area contributed by atoms with Crippen LogP contribution in [0.25, 0.3) is 5.57 Å². The van der Waals surface area contributed by atoms with Crippen LogP contribution in [0.3, 0.4) is 0 Å². The molecule has 0 bridgehead atoms. The molecule has 0 atom stereocenters. The predicted octanol–water partition coefficient (Wildman–Crippen LogP) is 5.63. The van der Waals surface area contributed by atoms with Crippen molar-refractivity contribution in [1.82, 2.24) is 5.16 Å². The summed E-state index contributed by atoms with van der Waals surface area (Å²) in [6, 6.07) is 15.5. The van der Waals surface area contributed by atoms with Gasteiger partial charge in [0.25, 0.3) is 0 Å². The number of Topliss-reactive ketones (excluding diaryl/α,β-unsaturated/α-hetero) is 1. The molecule has 0 saturated carbocycles. The molecule has 1 N–H and O–H groups in total. The van der Waals surface area contributed by atoms with Gasteiger partial charge in [-0.2, -0.15) is 0 Å². The molecule has 2 aromatic carbocycles. The van der Waals surface area contributed by atoms with E-state index in [1.54, 1.807) is 55.6 Å². The topological polar surface area (TPSA) is 55.1 Å². The van der Waals surface area contributed by atoms with Crippen molar-refractivity contribution in [2.24, 2.45) is 0 Å². The summed E-state index contributed by atoms with van der Waals surface area (Å²) in [5.41, 5.74) is 2.35. The molecule has 0 aliphatic rings. The van der Waals surface area contributed by atoms with Crippen molar-refractivity contribution in [3.63, 3.8) is 0 Å². The lowest BCUT2D eigenvalue weighted by Gasteiger charge is -2.06. The van der Waals surface area contributed by atoms with Crippen molar-refractivity contribution in [2.75, 3.05) is 5.32 Å². The van der Waals surface area contributed by atoms with Gasteiger partial charge in [0.1, 0.15) is 0 Å². The van der Waals surface area contributed by atoms with E-state index >= 15 is 0 Å². The number of benzene rings is 2. The van der Waals surface area contributed by atoms with E-state index in [1.807, 2.05) is 12.1 Å². The first-order chi connectivity index (χ1) is 12.0. The van der Waals surface area contributed by atoms with E-state index in [9.17, 15) is 4.79 Å². The Morgan fingerprint density at radius 2 is 1.64 bits per heavy atom. The van der Waals surface area contributed by atoms with Gasteiger partial charge in [0.2, 0.25) is 0 Å². The molecule has 0 amide bonds. The second-order valence-corrected chi connectivity index (χ2v) is 6.25. The fourth-order valence-corrected chi connectivity index (χ4v) is 2.45. The first-order valence-corrected chi connectivity index (χ1v) is 8.25. The first-order valence-electron chi connectivity index (χ1n) is 7.49. The monoisotopic (exact) mass is 372 g/mol. The third-order valence-corrected chi connectivity index (χ3v) is 3.98. The highest BCUT2D eigenvalue weighted by Gasteiger charge is 2.18. The number of aryl methyl sites for hydroxylation is 1. The van der Waals surface area contributed by atoms with Crippen LogP contribution in [0.1, 0.15) is 21.8 Å². The van der Waals surface area contributed by atoms with Crippen LogP contribution >= 0.6 is 23.2 Å². The number of hydrogen-bond donors (Lipinski definition) is 1. The molecule has 126 valence electrons. The predicted molar refractivity (Wildman–Crippen MR) is 100 cm³/mol. The number of carbonyl (C=O) groups is 1. The molecule has 3 aromatic rings. The van der Waals surface area contributed by atoms with Crippen LogP contribution in [0.2, 0.25) is 10.0 Å². The molecule has 1 aromatic heterocycles. The Kier molecular flexibility index (Phi) is 5.22. The van der Waals surface area contributed by atoms with Gasteiger partial charge in [0.15, 0.2) is 11.5 Å². The molecule has 0 radical (unpaired) electrons. The van der Waals surface area contributed by atoms with Crippen LogP contribution in [0.4, 0.5) is 5.69 Å². The molecule has 1 heterocycles. The Morgan fingerprint density at radius 3 is 2.20 bits per heavy atom. The minimum atomic E-state index is -0.200. The molecular weight excluding hydrogens is 359 g/mol. The quantitative estimate of drug-likeness (QED) is 0.466. The number of anilines is 1. The zero-order chi connectivity index (χ0) is 17.8. The SMILES string of the molecule is Cc1cc(/C(=C\Nc2ccc(Cl)cc2)C(=O)c2ccc(Cl)cc2)on1. The molecule has 0 unspecified atom stereocenters. The summed E-state index contributed by atoms with van der Waals surface area (Å²) < 4.78 is 5.27. The lowest BCUT2D eigenvalue weighted by atomic mass is 10.0. The average Bonchev–Trinajstić information content (AvgIpc) is 3.03. The lowest BCUT2D eigenvalue weighted by molar-refractivity contribution is 0.105. The van der Waals surface area contributed by atoms with Gasteiger partial charge in [-0.3, -0.25) is 4.79 Å². The first kappa shape index (κ1) is 17.3. The number of rotatable bonds is 5. The summed E-state index contributed by atoms with van der Waals surface area (Å²) >= 11 is 11.8. The molecule has 0 aliphatic heterocycles. The highest BCUT2D eigenvalue weighted by molar-refractivity contribution is 6.32. The largest absolute Gasteiger partial charge is 0.361 e. The van der Waals surface area contributed by atoms with E-state index in [4.69, 9.17) is 27.7 Å². The van der Waals surface area contributed by atoms with E-state index in [-0.39, 0.29) is 5.78 Å². The maximum absolute atomic E-state index is 12.9. The molecule has 4 nitrogen and oxygen atoms in total. The zero-order valence-electron chi connectivity index (χ0n) is 13.3. The summed E-state index contributed by atoms with van der Waals surface area (Å²) in [4.78, 5) is 12.9. The van der Waals surface area contributed by atoms with E-state index in [0.29, 0.717) is 32.6 Å². The van der Waals surface area contributed by atoms with Crippen molar-refractivity contribution in [1.29, 1.82) is 0 Å². The minimum absolute atomic E-state index is 0.200. The molecule has 0 spiro atoms. The number of allylic oxidation sites excluding steroid dienone is 1. The van der Waals surface area contributed by atoms with Crippen molar-refractivity contribution in [3.8, 4) is 0 Å². The Balaban J connectivity index is 1.94. The van der Waals surface area contributed by atoms with Crippen LogP contribution in [0.5, 0.6) is 0 Å². The number of aromatic nitrogens is 1. The highest BCUT2D eigenvalue weighted by atomic mass is 35.5. The zero-order valence-corrected chi connectivity index (χ0v) is 14.8. The number of nitrogens with zero attached hydrogens (tertiary/aromatic N) is 1. The molecule has 0 aliphatic carbocycles. The second kappa shape index (κ2) is 7.55. The van der Waals surface area contributed by atoms with Crippen LogP contribution < -0.4 is 5.32 Å². The second-order valence-electron chi connectivity index (χ2n) is 5.38. The van der Waals surface area contributed by atoms with E-state index in [1.165, 1.54) is 0 Å². The molecule has 3 rings (SSSR count). The number of ketones is 1. The van der Waals surface area contributed by atoms with Crippen LogP contribution in [-0.2, 0) is 0 Å². The van der Waals surface area contributed by atoms with Gasteiger partial charge in [-0.1, -0.05) is 28.4 Å². The van der Waals surface area contributed by atoms with Gasteiger partial charge < -0.3 is 9.84 Å². The average molecular weight is 373 g/mol. The third-order valence-electron chi connectivity index (χ3n) is 3.47. The molecular formula is C19H14Cl2N2O2. The summed E-state index contributed by atoms with van der Waals surface area (Å²) in [6.45, 7) is 1.80. The van der Waals surface area contributed by atoms with Gasteiger partial charge in [-0.15, -0.1) is 0 Å². The number of hydrogen-bond acceptors (Lipinski definition) is 4.